The second-order valence-electron chi connectivity index (χ2n) is 5.56. The lowest BCUT2D eigenvalue weighted by atomic mass is 10.0. The smallest absolute Gasteiger partial charge is 0.308 e. The number of carboxylic acid groups (broad SMARTS) is 1. The summed E-state index contributed by atoms with van der Waals surface area (Å²) in [7, 11) is 0. The zero-order chi connectivity index (χ0) is 16.7. The molecular weight excluding hydrogens is 320 g/mol. The summed E-state index contributed by atoms with van der Waals surface area (Å²) in [5, 5.41) is 20.6. The summed E-state index contributed by atoms with van der Waals surface area (Å²) in [6, 6.07) is 5.75. The molecule has 8 heteroatoms. The van der Waals surface area contributed by atoms with Gasteiger partial charge >= 0.3 is 5.97 Å². The van der Waals surface area contributed by atoms with Crippen molar-refractivity contribution in [3.63, 3.8) is 0 Å². The number of amides is 1. The number of non-ortho nitro benzene ring substituents is 1. The number of likely N-dealkylation sites (tertiary alicyclic amines) is 1. The van der Waals surface area contributed by atoms with Crippen molar-refractivity contribution in [2.75, 3.05) is 6.54 Å². The van der Waals surface area contributed by atoms with Crippen LogP contribution in [-0.4, -0.2) is 39.4 Å². The Kier molecular flexibility index (Phi) is 3.77. The zero-order valence-corrected chi connectivity index (χ0v) is 13.1. The molecule has 120 valence electrons. The quantitative estimate of drug-likeness (QED) is 0.687. The van der Waals surface area contributed by atoms with Gasteiger partial charge in [0.15, 0.2) is 0 Å². The highest BCUT2D eigenvalue weighted by atomic mass is 32.1. The topological polar surface area (TPSA) is 101 Å². The van der Waals surface area contributed by atoms with Crippen LogP contribution in [0.2, 0.25) is 0 Å². The van der Waals surface area contributed by atoms with Gasteiger partial charge in [-0.25, -0.2) is 0 Å². The highest BCUT2D eigenvalue weighted by Crippen LogP contribution is 2.32. The number of carbonyl (C=O) groups excluding carboxylic acids is 1. The molecule has 0 saturated carbocycles. The molecule has 0 aliphatic carbocycles. The largest absolute Gasteiger partial charge is 0.481 e. The first-order chi connectivity index (χ1) is 10.9. The van der Waals surface area contributed by atoms with E-state index < -0.39 is 16.8 Å². The highest BCUT2D eigenvalue weighted by molar-refractivity contribution is 7.20. The Morgan fingerprint density at radius 1 is 1.39 bits per heavy atom. The zero-order valence-electron chi connectivity index (χ0n) is 12.3. The second-order valence-corrected chi connectivity index (χ2v) is 6.65. The lowest BCUT2D eigenvalue weighted by Crippen LogP contribution is -2.37. The van der Waals surface area contributed by atoms with Crippen LogP contribution in [0.25, 0.3) is 10.1 Å². The van der Waals surface area contributed by atoms with Crippen LogP contribution in [0.4, 0.5) is 5.69 Å². The van der Waals surface area contributed by atoms with Crippen LogP contribution < -0.4 is 0 Å². The number of carbonyl (C=O) groups is 2. The normalized spacial score (nSPS) is 20.8. The van der Waals surface area contributed by atoms with Crippen LogP contribution in [-0.2, 0) is 4.79 Å². The number of fused-ring (bicyclic) bond motifs is 1. The minimum atomic E-state index is -0.889. The van der Waals surface area contributed by atoms with E-state index in [1.54, 1.807) is 24.0 Å². The van der Waals surface area contributed by atoms with Gasteiger partial charge in [-0.1, -0.05) is 0 Å². The van der Waals surface area contributed by atoms with Crippen molar-refractivity contribution in [1.29, 1.82) is 0 Å². The minimum absolute atomic E-state index is 0.0187. The average Bonchev–Trinajstić information content (AvgIpc) is 3.08. The predicted octanol–water partition coefficient (Wildman–Crippen LogP) is 2.74. The van der Waals surface area contributed by atoms with Gasteiger partial charge < -0.3 is 10.0 Å². The second kappa shape index (κ2) is 5.62. The molecule has 3 rings (SSSR count). The summed E-state index contributed by atoms with van der Waals surface area (Å²) >= 11 is 1.26. The fraction of sp³-hybridized carbons (Fsp3) is 0.333. The highest BCUT2D eigenvalue weighted by Gasteiger charge is 2.38. The van der Waals surface area contributed by atoms with Crippen LogP contribution in [0.3, 0.4) is 0 Å². The predicted molar refractivity (Wildman–Crippen MR) is 84.7 cm³/mol. The fourth-order valence-electron chi connectivity index (χ4n) is 2.95. The third kappa shape index (κ3) is 2.65. The van der Waals surface area contributed by atoms with E-state index in [1.807, 2.05) is 0 Å². The lowest BCUT2D eigenvalue weighted by molar-refractivity contribution is -0.384. The first-order valence-corrected chi connectivity index (χ1v) is 7.92. The first-order valence-electron chi connectivity index (χ1n) is 7.10. The maximum atomic E-state index is 12.6. The van der Waals surface area contributed by atoms with Crippen molar-refractivity contribution in [1.82, 2.24) is 4.90 Å². The Balaban J connectivity index is 1.89. The molecule has 1 N–H and O–H groups in total. The average molecular weight is 334 g/mol. The molecule has 1 aliphatic heterocycles. The van der Waals surface area contributed by atoms with E-state index in [1.165, 1.54) is 23.5 Å². The molecule has 0 bridgehead atoms. The van der Waals surface area contributed by atoms with Crippen molar-refractivity contribution in [2.45, 2.75) is 19.4 Å². The number of nitro groups is 1. The van der Waals surface area contributed by atoms with Crippen molar-refractivity contribution in [3.05, 3.63) is 39.3 Å². The Labute approximate surface area is 135 Å². The van der Waals surface area contributed by atoms with Crippen molar-refractivity contribution in [3.8, 4) is 0 Å². The number of aliphatic carboxylic acids is 1. The molecule has 7 nitrogen and oxygen atoms in total. The number of rotatable bonds is 3. The summed E-state index contributed by atoms with van der Waals surface area (Å²) < 4.78 is 0.792. The van der Waals surface area contributed by atoms with Gasteiger partial charge in [0, 0.05) is 34.8 Å². The van der Waals surface area contributed by atoms with Crippen LogP contribution in [0.1, 0.15) is 23.0 Å². The maximum absolute atomic E-state index is 12.6. The van der Waals surface area contributed by atoms with Crippen LogP contribution in [0.15, 0.2) is 24.3 Å². The van der Waals surface area contributed by atoms with Gasteiger partial charge in [-0.2, -0.15) is 0 Å². The van der Waals surface area contributed by atoms with Gasteiger partial charge in [0.25, 0.3) is 11.6 Å². The molecule has 1 saturated heterocycles. The summed E-state index contributed by atoms with van der Waals surface area (Å²) in [6.45, 7) is 2.15. The van der Waals surface area contributed by atoms with Gasteiger partial charge in [0.1, 0.15) is 0 Å². The number of hydrogen-bond donors (Lipinski definition) is 1. The summed E-state index contributed by atoms with van der Waals surface area (Å²) in [6.07, 6.45) is 0.443. The summed E-state index contributed by atoms with van der Waals surface area (Å²) in [5.41, 5.74) is -0.0187. The number of nitrogens with zero attached hydrogens (tertiary/aromatic N) is 2. The Hall–Kier alpha value is -2.48. The maximum Gasteiger partial charge on any atom is 0.308 e. The standard InChI is InChI=1S/C15H14N2O5S/c1-8-11(15(19)20)4-5-16(8)14(18)13-7-9-6-10(17(21)22)2-3-12(9)23-13/h2-3,6-8,11H,4-5H2,1H3,(H,19,20). The number of hydrogen-bond acceptors (Lipinski definition) is 5. The molecule has 2 unspecified atom stereocenters. The van der Waals surface area contributed by atoms with E-state index in [9.17, 15) is 19.7 Å². The third-order valence-corrected chi connectivity index (χ3v) is 5.36. The van der Waals surface area contributed by atoms with Crippen molar-refractivity contribution < 1.29 is 19.6 Å². The number of thiophene rings is 1. The molecule has 1 aromatic heterocycles. The molecular formula is C15H14N2O5S. The molecule has 2 atom stereocenters. The number of benzene rings is 1. The number of carboxylic acids is 1. The molecule has 0 spiro atoms. The van der Waals surface area contributed by atoms with E-state index in [0.717, 1.165) is 4.70 Å². The Morgan fingerprint density at radius 3 is 2.74 bits per heavy atom. The fourth-order valence-corrected chi connectivity index (χ4v) is 3.95. The molecule has 0 radical (unpaired) electrons. The Morgan fingerprint density at radius 2 is 2.13 bits per heavy atom. The molecule has 1 aliphatic rings. The van der Waals surface area contributed by atoms with Crippen LogP contribution >= 0.6 is 11.3 Å². The monoisotopic (exact) mass is 334 g/mol. The summed E-state index contributed by atoms with van der Waals surface area (Å²) in [5.74, 6) is -1.65. The van der Waals surface area contributed by atoms with Gasteiger partial charge in [-0.05, 0) is 25.5 Å². The van der Waals surface area contributed by atoms with E-state index in [2.05, 4.69) is 0 Å². The number of nitro benzene ring substituents is 1. The van der Waals surface area contributed by atoms with Crippen molar-refractivity contribution >= 4 is 39.0 Å². The van der Waals surface area contributed by atoms with E-state index in [4.69, 9.17) is 5.11 Å². The van der Waals surface area contributed by atoms with Gasteiger partial charge in [-0.15, -0.1) is 11.3 Å². The van der Waals surface area contributed by atoms with Gasteiger partial charge in [-0.3, -0.25) is 19.7 Å². The molecule has 1 amide bonds. The molecule has 1 fully saturated rings. The molecule has 2 aromatic rings. The first kappa shape index (κ1) is 15.4. The third-order valence-electron chi connectivity index (χ3n) is 4.25. The van der Waals surface area contributed by atoms with E-state index >= 15 is 0 Å². The van der Waals surface area contributed by atoms with E-state index in [-0.39, 0.29) is 17.6 Å². The molecule has 23 heavy (non-hydrogen) atoms. The van der Waals surface area contributed by atoms with Crippen LogP contribution in [0.5, 0.6) is 0 Å². The van der Waals surface area contributed by atoms with Crippen molar-refractivity contribution in [2.24, 2.45) is 5.92 Å². The molecule has 2 heterocycles. The van der Waals surface area contributed by atoms with Gasteiger partial charge in [0.2, 0.25) is 0 Å². The SMILES string of the molecule is CC1C(C(=O)O)CCN1C(=O)c1cc2cc([N+](=O)[O-])ccc2s1. The van der Waals surface area contributed by atoms with E-state index in [0.29, 0.717) is 23.2 Å². The summed E-state index contributed by atoms with van der Waals surface area (Å²) in [4.78, 5) is 36.2. The van der Waals surface area contributed by atoms with Gasteiger partial charge in [0.05, 0.1) is 15.7 Å². The van der Waals surface area contributed by atoms with Crippen LogP contribution in [0, 0.1) is 16.0 Å². The Bertz CT molecular complexity index is 815. The molecule has 1 aromatic carbocycles. The lowest BCUT2D eigenvalue weighted by Gasteiger charge is -2.22. The minimum Gasteiger partial charge on any atom is -0.481 e.